The first-order valence-electron chi connectivity index (χ1n) is 8.41. The number of amides is 2. The van der Waals surface area contributed by atoms with E-state index in [2.05, 4.69) is 15.6 Å². The van der Waals surface area contributed by atoms with Gasteiger partial charge in [-0.05, 0) is 11.6 Å². The number of anilines is 2. The number of benzene rings is 2. The summed E-state index contributed by atoms with van der Waals surface area (Å²) in [6.45, 7) is 0. The molecule has 140 valence electrons. The third-order valence-corrected chi connectivity index (χ3v) is 5.16. The average molecular weight is 394 g/mol. The molecule has 1 aliphatic rings. The predicted octanol–water partition coefficient (Wildman–Crippen LogP) is 3.78. The van der Waals surface area contributed by atoms with Crippen LogP contribution in [0.15, 0.2) is 53.9 Å². The van der Waals surface area contributed by atoms with E-state index in [1.807, 2.05) is 12.1 Å². The van der Waals surface area contributed by atoms with Gasteiger partial charge in [0.25, 0.3) is 5.69 Å². The van der Waals surface area contributed by atoms with E-state index >= 15 is 0 Å². The molecule has 0 aliphatic carbocycles. The molecule has 2 N–H and O–H groups in total. The number of rotatable bonds is 4. The van der Waals surface area contributed by atoms with E-state index in [1.165, 1.54) is 23.5 Å². The van der Waals surface area contributed by atoms with Crippen LogP contribution in [0.3, 0.4) is 0 Å². The molecule has 3 aromatic rings. The monoisotopic (exact) mass is 394 g/mol. The maximum absolute atomic E-state index is 12.8. The largest absolute Gasteiger partial charge is 0.326 e. The lowest BCUT2D eigenvalue weighted by molar-refractivity contribution is -0.384. The maximum atomic E-state index is 12.8. The number of fused-ring (bicyclic) bond motifs is 1. The first-order chi connectivity index (χ1) is 13.5. The molecule has 2 aromatic carbocycles. The van der Waals surface area contributed by atoms with Gasteiger partial charge < -0.3 is 10.6 Å². The van der Waals surface area contributed by atoms with Crippen LogP contribution in [0, 0.1) is 10.1 Å². The minimum Gasteiger partial charge on any atom is -0.326 e. The number of non-ortho nitro benzene ring substituents is 1. The Morgan fingerprint density at radius 3 is 2.89 bits per heavy atom. The molecule has 2 heterocycles. The van der Waals surface area contributed by atoms with Gasteiger partial charge in [0.15, 0.2) is 5.13 Å². The molecule has 8 nitrogen and oxygen atoms in total. The zero-order chi connectivity index (χ0) is 19.7. The number of thiazole rings is 1. The number of carbonyl (C=O) groups is 2. The van der Waals surface area contributed by atoms with Crippen molar-refractivity contribution in [2.45, 2.75) is 12.3 Å². The van der Waals surface area contributed by atoms with Crippen LogP contribution in [0.1, 0.15) is 17.9 Å². The molecule has 0 spiro atoms. The van der Waals surface area contributed by atoms with E-state index in [9.17, 15) is 19.7 Å². The lowest BCUT2D eigenvalue weighted by Crippen LogP contribution is -2.30. The molecule has 0 radical (unpaired) electrons. The minimum atomic E-state index is -0.602. The fraction of sp³-hybridized carbons (Fsp3) is 0.105. The van der Waals surface area contributed by atoms with E-state index in [0.717, 1.165) is 5.56 Å². The third kappa shape index (κ3) is 3.47. The fourth-order valence-electron chi connectivity index (χ4n) is 3.08. The van der Waals surface area contributed by atoms with Crippen molar-refractivity contribution < 1.29 is 14.5 Å². The molecule has 1 atom stereocenters. The van der Waals surface area contributed by atoms with Gasteiger partial charge in [-0.1, -0.05) is 30.3 Å². The number of hydrogen-bond acceptors (Lipinski definition) is 6. The number of para-hydroxylation sites is 1. The summed E-state index contributed by atoms with van der Waals surface area (Å²) in [6, 6.07) is 13.3. The van der Waals surface area contributed by atoms with Gasteiger partial charge in [-0.15, -0.1) is 11.3 Å². The van der Waals surface area contributed by atoms with E-state index in [1.54, 1.807) is 29.6 Å². The molecular weight excluding hydrogens is 380 g/mol. The van der Waals surface area contributed by atoms with E-state index < -0.39 is 10.8 Å². The zero-order valence-electron chi connectivity index (χ0n) is 14.4. The Morgan fingerprint density at radius 2 is 2.07 bits per heavy atom. The van der Waals surface area contributed by atoms with Gasteiger partial charge in [0.2, 0.25) is 11.8 Å². The lowest BCUT2D eigenvalue weighted by atomic mass is 9.90. The van der Waals surface area contributed by atoms with Crippen molar-refractivity contribution in [3.05, 3.63) is 69.6 Å². The van der Waals surface area contributed by atoms with Crippen LogP contribution in [0.25, 0.3) is 11.3 Å². The molecule has 0 bridgehead atoms. The first-order valence-corrected chi connectivity index (χ1v) is 9.29. The van der Waals surface area contributed by atoms with E-state index in [-0.39, 0.29) is 23.9 Å². The summed E-state index contributed by atoms with van der Waals surface area (Å²) in [4.78, 5) is 39.5. The number of nitro benzene ring substituents is 1. The smallest absolute Gasteiger partial charge is 0.270 e. The highest BCUT2D eigenvalue weighted by Gasteiger charge is 2.30. The molecule has 2 amide bonds. The van der Waals surface area contributed by atoms with Crippen LogP contribution in [0.2, 0.25) is 0 Å². The highest BCUT2D eigenvalue weighted by atomic mass is 32.1. The molecule has 1 aliphatic heterocycles. The Balaban J connectivity index is 1.55. The predicted molar refractivity (Wildman–Crippen MR) is 105 cm³/mol. The average Bonchev–Trinajstić information content (AvgIpc) is 3.15. The highest BCUT2D eigenvalue weighted by Crippen LogP contribution is 2.34. The molecule has 1 aromatic heterocycles. The van der Waals surface area contributed by atoms with Gasteiger partial charge in [0.05, 0.1) is 16.5 Å². The third-order valence-electron chi connectivity index (χ3n) is 4.40. The van der Waals surface area contributed by atoms with Crippen molar-refractivity contribution in [2.24, 2.45) is 0 Å². The van der Waals surface area contributed by atoms with Crippen molar-refractivity contribution in [1.29, 1.82) is 0 Å². The van der Waals surface area contributed by atoms with Crippen LogP contribution in [0.4, 0.5) is 16.5 Å². The van der Waals surface area contributed by atoms with Gasteiger partial charge in [0, 0.05) is 35.2 Å². The number of carbonyl (C=O) groups excluding carboxylic acids is 2. The topological polar surface area (TPSA) is 114 Å². The quantitative estimate of drug-likeness (QED) is 0.516. The minimum absolute atomic E-state index is 0.0269. The molecule has 4 rings (SSSR count). The zero-order valence-corrected chi connectivity index (χ0v) is 15.2. The van der Waals surface area contributed by atoms with Crippen LogP contribution in [-0.4, -0.2) is 21.7 Å². The molecule has 0 saturated carbocycles. The van der Waals surface area contributed by atoms with Crippen molar-refractivity contribution >= 4 is 39.7 Å². The van der Waals surface area contributed by atoms with Crippen molar-refractivity contribution in [2.75, 3.05) is 10.6 Å². The molecule has 0 fully saturated rings. The summed E-state index contributed by atoms with van der Waals surface area (Å²) in [5, 5.41) is 18.5. The second kappa shape index (κ2) is 7.20. The van der Waals surface area contributed by atoms with Gasteiger partial charge in [0.1, 0.15) is 0 Å². The van der Waals surface area contributed by atoms with Crippen LogP contribution in [0.5, 0.6) is 0 Å². The van der Waals surface area contributed by atoms with Gasteiger partial charge >= 0.3 is 0 Å². The summed E-state index contributed by atoms with van der Waals surface area (Å²) in [5.41, 5.74) is 2.49. The lowest BCUT2D eigenvalue weighted by Gasteiger charge is -2.24. The molecule has 0 saturated heterocycles. The second-order valence-corrected chi connectivity index (χ2v) is 7.08. The van der Waals surface area contributed by atoms with E-state index in [0.29, 0.717) is 22.1 Å². The molecular formula is C19H14N4O4S. The van der Waals surface area contributed by atoms with Gasteiger partial charge in [-0.25, -0.2) is 4.98 Å². The highest BCUT2D eigenvalue weighted by molar-refractivity contribution is 7.14. The van der Waals surface area contributed by atoms with Crippen molar-refractivity contribution in [3.63, 3.8) is 0 Å². The summed E-state index contributed by atoms with van der Waals surface area (Å²) in [5.74, 6) is -1.13. The Kier molecular flexibility index (Phi) is 4.58. The number of nitro groups is 1. The van der Waals surface area contributed by atoms with Gasteiger partial charge in [-0.3, -0.25) is 19.7 Å². The van der Waals surface area contributed by atoms with Crippen LogP contribution >= 0.6 is 11.3 Å². The Morgan fingerprint density at radius 1 is 1.25 bits per heavy atom. The summed E-state index contributed by atoms with van der Waals surface area (Å²) in [7, 11) is 0. The SMILES string of the molecule is O=C1CC(C(=O)Nc2nc(-c3cccc([N+](=O)[O-])c3)cs2)c2ccccc2N1. The summed E-state index contributed by atoms with van der Waals surface area (Å²) >= 11 is 1.22. The standard InChI is InChI=1S/C19H14N4O4S/c24-17-9-14(13-6-1-2-7-15(13)20-17)18(25)22-19-21-16(10-28-19)11-4-3-5-12(8-11)23(26)27/h1-8,10,14H,9H2,(H,20,24)(H,21,22,25). The maximum Gasteiger partial charge on any atom is 0.270 e. The fourth-order valence-corrected chi connectivity index (χ4v) is 3.80. The summed E-state index contributed by atoms with van der Waals surface area (Å²) in [6.07, 6.45) is 0.0615. The number of hydrogen-bond donors (Lipinski definition) is 2. The number of nitrogens with one attached hydrogen (secondary N) is 2. The first kappa shape index (κ1) is 17.8. The van der Waals surface area contributed by atoms with Crippen LogP contribution < -0.4 is 10.6 Å². The van der Waals surface area contributed by atoms with Crippen LogP contribution in [-0.2, 0) is 9.59 Å². The second-order valence-electron chi connectivity index (χ2n) is 6.23. The normalized spacial score (nSPS) is 15.4. The van der Waals surface area contributed by atoms with E-state index in [4.69, 9.17) is 0 Å². The molecule has 1 unspecified atom stereocenters. The van der Waals surface area contributed by atoms with Crippen molar-refractivity contribution in [3.8, 4) is 11.3 Å². The number of aromatic nitrogens is 1. The van der Waals surface area contributed by atoms with Crippen molar-refractivity contribution in [1.82, 2.24) is 4.98 Å². The van der Waals surface area contributed by atoms with Gasteiger partial charge in [-0.2, -0.15) is 0 Å². The number of nitrogens with zero attached hydrogens (tertiary/aromatic N) is 2. The Labute approximate surface area is 163 Å². The molecule has 9 heteroatoms. The Bertz CT molecular complexity index is 1090. The summed E-state index contributed by atoms with van der Waals surface area (Å²) < 4.78 is 0. The molecule has 28 heavy (non-hydrogen) atoms. The Hall–Kier alpha value is -3.59.